The third kappa shape index (κ3) is 4.68. The Hall–Kier alpha value is -7.17. The maximum atomic E-state index is 5.95. The minimum Gasteiger partial charge on any atom is -0.308 e. The van der Waals surface area contributed by atoms with Gasteiger partial charge in [0.25, 0.3) is 0 Å². The van der Waals surface area contributed by atoms with Crippen LogP contribution < -0.4 is 4.90 Å². The average molecular weight is 785 g/mol. The summed E-state index contributed by atoms with van der Waals surface area (Å²) in [6.45, 7) is 14.0. The van der Waals surface area contributed by atoms with Gasteiger partial charge in [-0.25, -0.2) is 4.98 Å². The summed E-state index contributed by atoms with van der Waals surface area (Å²) < 4.78 is 5.04. The lowest BCUT2D eigenvalue weighted by molar-refractivity contribution is 0.591. The highest BCUT2D eigenvalue weighted by molar-refractivity contribution is 6.34. The minimum atomic E-state index is -0.0950. The number of fused-ring (bicyclic) bond motifs is 15. The maximum absolute atomic E-state index is 5.95. The third-order valence-corrected chi connectivity index (χ3v) is 13.5. The van der Waals surface area contributed by atoms with E-state index in [1.165, 1.54) is 92.4 Å². The Labute approximate surface area is 353 Å². The fraction of sp³-hybridized carbons (Fsp3) is 0.140. The summed E-state index contributed by atoms with van der Waals surface area (Å²) in [5, 5.41) is 13.7. The van der Waals surface area contributed by atoms with E-state index in [-0.39, 0.29) is 10.8 Å². The van der Waals surface area contributed by atoms with Crippen LogP contribution in [0.25, 0.3) is 98.0 Å². The van der Waals surface area contributed by atoms with Gasteiger partial charge in [-0.2, -0.15) is 0 Å². The van der Waals surface area contributed by atoms with E-state index in [0.29, 0.717) is 0 Å². The molecule has 0 aliphatic rings. The number of nitrogens with zero attached hydrogens (tertiary/aromatic N) is 4. The Morgan fingerprint density at radius 1 is 0.410 bits per heavy atom. The SMILES string of the molecule is CC(C)(C)c1cc(N(c2ccccc2)c2ccccc2)c2c(c1)c1cc3ccccc3c3c4cc5c(nc4n2c13)c1cc(C(C)(C)C)cc2c3cc4ccccc4cc3n5c21. The van der Waals surface area contributed by atoms with Crippen LogP contribution in [0.15, 0.2) is 158 Å². The van der Waals surface area contributed by atoms with Gasteiger partial charge in [0.1, 0.15) is 5.65 Å². The van der Waals surface area contributed by atoms with E-state index in [9.17, 15) is 0 Å². The predicted molar refractivity (Wildman–Crippen MR) is 261 cm³/mol. The van der Waals surface area contributed by atoms with Gasteiger partial charge < -0.3 is 9.30 Å². The predicted octanol–water partition coefficient (Wildman–Crippen LogP) is 15.8. The van der Waals surface area contributed by atoms with Gasteiger partial charge in [-0.3, -0.25) is 4.40 Å². The van der Waals surface area contributed by atoms with Gasteiger partial charge in [0, 0.05) is 49.1 Å². The van der Waals surface area contributed by atoms with Crippen LogP contribution in [0.3, 0.4) is 0 Å². The summed E-state index contributed by atoms with van der Waals surface area (Å²) in [6, 6.07) is 58.8. The molecule has 0 fully saturated rings. The molecule has 61 heavy (non-hydrogen) atoms. The van der Waals surface area contributed by atoms with Crippen molar-refractivity contribution in [2.75, 3.05) is 4.90 Å². The Balaban J connectivity index is 1.28. The molecule has 5 aromatic heterocycles. The van der Waals surface area contributed by atoms with Gasteiger partial charge in [-0.1, -0.05) is 126 Å². The Bertz CT molecular complexity index is 3890. The highest BCUT2D eigenvalue weighted by Crippen LogP contribution is 2.50. The van der Waals surface area contributed by atoms with Crippen molar-refractivity contribution in [2.24, 2.45) is 0 Å². The van der Waals surface area contributed by atoms with E-state index < -0.39 is 0 Å². The average Bonchev–Trinajstić information content (AvgIpc) is 3.97. The van der Waals surface area contributed by atoms with E-state index in [2.05, 4.69) is 213 Å². The summed E-state index contributed by atoms with van der Waals surface area (Å²) in [5.41, 5.74) is 13.9. The summed E-state index contributed by atoms with van der Waals surface area (Å²) in [7, 11) is 0. The molecule has 0 radical (unpaired) electrons. The zero-order valence-corrected chi connectivity index (χ0v) is 35.3. The summed E-state index contributed by atoms with van der Waals surface area (Å²) in [6.07, 6.45) is 0. The van der Waals surface area contributed by atoms with Crippen LogP contribution in [0.1, 0.15) is 52.7 Å². The number of hydrogen-bond donors (Lipinski definition) is 0. The van der Waals surface area contributed by atoms with Gasteiger partial charge in [0.05, 0.1) is 38.8 Å². The first kappa shape index (κ1) is 34.7. The third-order valence-electron chi connectivity index (χ3n) is 13.5. The van der Waals surface area contributed by atoms with Crippen LogP contribution in [-0.4, -0.2) is 13.8 Å². The lowest BCUT2D eigenvalue weighted by Gasteiger charge is -2.29. The van der Waals surface area contributed by atoms with E-state index in [1.54, 1.807) is 0 Å². The number of hydrogen-bond acceptors (Lipinski definition) is 2. The van der Waals surface area contributed by atoms with Crippen molar-refractivity contribution in [3.8, 4) is 0 Å². The van der Waals surface area contributed by atoms with E-state index in [0.717, 1.165) is 33.7 Å². The fourth-order valence-electron chi connectivity index (χ4n) is 10.5. The first-order valence-electron chi connectivity index (χ1n) is 21.6. The van der Waals surface area contributed by atoms with Crippen molar-refractivity contribution in [1.82, 2.24) is 13.8 Å². The Kier molecular flexibility index (Phi) is 6.69. The topological polar surface area (TPSA) is 25.0 Å². The second-order valence-corrected chi connectivity index (χ2v) is 19.3. The molecule has 0 aliphatic heterocycles. The van der Waals surface area contributed by atoms with Crippen LogP contribution in [0, 0.1) is 0 Å². The van der Waals surface area contributed by atoms with Crippen molar-refractivity contribution in [3.63, 3.8) is 0 Å². The zero-order valence-electron chi connectivity index (χ0n) is 35.3. The molecular formula is C57H44N4. The molecule has 8 aromatic carbocycles. The molecule has 0 unspecified atom stereocenters. The lowest BCUT2D eigenvalue weighted by Crippen LogP contribution is -2.15. The first-order chi connectivity index (χ1) is 29.5. The largest absolute Gasteiger partial charge is 0.308 e. The van der Waals surface area contributed by atoms with Crippen LogP contribution in [0.2, 0.25) is 0 Å². The molecule has 13 rings (SSSR count). The molecule has 0 saturated carbocycles. The van der Waals surface area contributed by atoms with Gasteiger partial charge in [0.15, 0.2) is 0 Å². The molecular weight excluding hydrogens is 741 g/mol. The fourth-order valence-corrected chi connectivity index (χ4v) is 10.5. The molecule has 4 nitrogen and oxygen atoms in total. The van der Waals surface area contributed by atoms with Gasteiger partial charge in [0.2, 0.25) is 0 Å². The summed E-state index contributed by atoms with van der Waals surface area (Å²) in [5.74, 6) is 0. The number of anilines is 3. The first-order valence-corrected chi connectivity index (χ1v) is 21.6. The monoisotopic (exact) mass is 784 g/mol. The summed E-state index contributed by atoms with van der Waals surface area (Å²) in [4.78, 5) is 8.40. The number of benzene rings is 8. The quantitative estimate of drug-likeness (QED) is 0.178. The van der Waals surface area contributed by atoms with Crippen molar-refractivity contribution in [2.45, 2.75) is 52.4 Å². The molecule has 0 atom stereocenters. The second kappa shape index (κ2) is 11.8. The molecule has 0 saturated heterocycles. The van der Waals surface area contributed by atoms with Gasteiger partial charge in [-0.15, -0.1) is 0 Å². The Morgan fingerprint density at radius 2 is 0.951 bits per heavy atom. The molecule has 0 spiro atoms. The normalized spacial score (nSPS) is 13.1. The number of rotatable bonds is 3. The number of aromatic nitrogens is 3. The second-order valence-electron chi connectivity index (χ2n) is 19.3. The molecule has 0 bridgehead atoms. The molecule has 0 aliphatic carbocycles. The minimum absolute atomic E-state index is 0.0502. The van der Waals surface area contributed by atoms with E-state index in [4.69, 9.17) is 4.98 Å². The summed E-state index contributed by atoms with van der Waals surface area (Å²) >= 11 is 0. The van der Waals surface area contributed by atoms with E-state index in [1.807, 2.05) is 0 Å². The van der Waals surface area contributed by atoms with Crippen molar-refractivity contribution in [1.29, 1.82) is 0 Å². The van der Waals surface area contributed by atoms with Gasteiger partial charge in [-0.05, 0) is 116 Å². The van der Waals surface area contributed by atoms with E-state index >= 15 is 0 Å². The van der Waals surface area contributed by atoms with Crippen LogP contribution in [0.4, 0.5) is 17.1 Å². The molecule has 4 heteroatoms. The van der Waals surface area contributed by atoms with Crippen molar-refractivity contribution in [3.05, 3.63) is 169 Å². The molecule has 13 aromatic rings. The van der Waals surface area contributed by atoms with Crippen LogP contribution in [-0.2, 0) is 10.8 Å². The van der Waals surface area contributed by atoms with Crippen LogP contribution >= 0.6 is 0 Å². The molecule has 5 heterocycles. The van der Waals surface area contributed by atoms with Crippen LogP contribution in [0.5, 0.6) is 0 Å². The smallest absolute Gasteiger partial charge is 0.146 e. The van der Waals surface area contributed by atoms with Gasteiger partial charge >= 0.3 is 0 Å². The maximum Gasteiger partial charge on any atom is 0.146 e. The zero-order chi connectivity index (χ0) is 41.1. The Morgan fingerprint density at radius 3 is 1.62 bits per heavy atom. The number of para-hydroxylation sites is 2. The standard InChI is InChI=1S/C57H44N4/c1-56(2,3)36-28-43-41-25-33-17-13-14-18-34(33)27-47(41)60-48-32-45-50-40-24-16-15-19-35(40)26-42-44-29-37(57(4,5)6)31-49(59(38-20-9-7-10-21-38)39-22-11-8-12-23-39)53(44)61(54(42)50)55(45)58-51(48)46(30-36)52(43)60/h7-32H,1-6H3. The van der Waals surface area contributed by atoms with Crippen molar-refractivity contribution >= 4 is 115 Å². The molecule has 0 N–H and O–H groups in total. The number of pyridine rings is 1. The highest BCUT2D eigenvalue weighted by Gasteiger charge is 2.30. The highest BCUT2D eigenvalue weighted by atomic mass is 15.2. The molecule has 0 amide bonds. The lowest BCUT2D eigenvalue weighted by atomic mass is 9.85. The van der Waals surface area contributed by atoms with Crippen molar-refractivity contribution < 1.29 is 0 Å². The molecule has 292 valence electrons.